The summed E-state index contributed by atoms with van der Waals surface area (Å²) in [6, 6.07) is 1.70. The van der Waals surface area contributed by atoms with Crippen LogP contribution >= 0.6 is 15.9 Å². The average Bonchev–Trinajstić information content (AvgIpc) is 2.59. The lowest BCUT2D eigenvalue weighted by Crippen LogP contribution is -2.41. The Kier molecular flexibility index (Phi) is 4.77. The number of hydrogen-bond acceptors (Lipinski definition) is 2. The van der Waals surface area contributed by atoms with E-state index < -0.39 is 5.60 Å². The largest absolute Gasteiger partial charge is 0.388 e. The van der Waals surface area contributed by atoms with Crippen LogP contribution in [0.25, 0.3) is 0 Å². The zero-order valence-corrected chi connectivity index (χ0v) is 12.0. The van der Waals surface area contributed by atoms with Crippen LogP contribution in [0.2, 0.25) is 0 Å². The molecule has 0 radical (unpaired) electrons. The Morgan fingerprint density at radius 1 is 1.65 bits per heavy atom. The fraction of sp³-hybridized carbons (Fsp3) is 0.583. The van der Waals surface area contributed by atoms with Crippen molar-refractivity contribution >= 4 is 21.8 Å². The molecule has 1 aromatic rings. The Morgan fingerprint density at radius 3 is 2.76 bits per heavy atom. The molecule has 1 aromatic heterocycles. The third kappa shape index (κ3) is 4.91. The van der Waals surface area contributed by atoms with Gasteiger partial charge in [-0.3, -0.25) is 4.79 Å². The molecule has 0 saturated heterocycles. The first-order valence-electron chi connectivity index (χ1n) is 5.65. The summed E-state index contributed by atoms with van der Waals surface area (Å²) in [5.41, 5.74) is -0.384. The standard InChI is InChI=1S/C12H19BrN2O2/c1-8(2)5-12(3,17)7-15-11(16)10-4-9(13)6-14-10/h4,6,8,14,17H,5,7H2,1-3H3,(H,15,16). The van der Waals surface area contributed by atoms with Crippen LogP contribution in [0.3, 0.4) is 0 Å². The van der Waals surface area contributed by atoms with E-state index in [1.165, 1.54) is 0 Å². The van der Waals surface area contributed by atoms with Crippen molar-refractivity contribution in [2.45, 2.75) is 32.8 Å². The minimum atomic E-state index is -0.867. The first-order valence-corrected chi connectivity index (χ1v) is 6.44. The Morgan fingerprint density at radius 2 is 2.29 bits per heavy atom. The molecule has 3 N–H and O–H groups in total. The van der Waals surface area contributed by atoms with Crippen LogP contribution in [0.1, 0.15) is 37.7 Å². The average molecular weight is 303 g/mol. The van der Waals surface area contributed by atoms with E-state index in [1.54, 1.807) is 19.2 Å². The third-order valence-electron chi connectivity index (χ3n) is 2.37. The summed E-state index contributed by atoms with van der Waals surface area (Å²) in [6.07, 6.45) is 2.35. The number of nitrogens with one attached hydrogen (secondary N) is 2. The van der Waals surface area contributed by atoms with Crippen LogP contribution in [0.5, 0.6) is 0 Å². The van der Waals surface area contributed by atoms with Gasteiger partial charge in [-0.15, -0.1) is 0 Å². The summed E-state index contributed by atoms with van der Waals surface area (Å²) in [7, 11) is 0. The molecule has 0 fully saturated rings. The van der Waals surface area contributed by atoms with Crippen molar-refractivity contribution < 1.29 is 9.90 Å². The van der Waals surface area contributed by atoms with Crippen LogP contribution in [0.4, 0.5) is 0 Å². The lowest BCUT2D eigenvalue weighted by Gasteiger charge is -2.25. The molecular weight excluding hydrogens is 284 g/mol. The van der Waals surface area contributed by atoms with E-state index in [-0.39, 0.29) is 12.5 Å². The second-order valence-electron chi connectivity index (χ2n) is 5.01. The van der Waals surface area contributed by atoms with Gasteiger partial charge in [0.2, 0.25) is 0 Å². The van der Waals surface area contributed by atoms with Gasteiger partial charge in [-0.25, -0.2) is 0 Å². The zero-order chi connectivity index (χ0) is 13.1. The smallest absolute Gasteiger partial charge is 0.267 e. The predicted molar refractivity (Wildman–Crippen MR) is 70.9 cm³/mol. The summed E-state index contributed by atoms with van der Waals surface area (Å²) < 4.78 is 0.830. The van der Waals surface area contributed by atoms with Crippen molar-refractivity contribution in [1.82, 2.24) is 10.3 Å². The fourth-order valence-corrected chi connectivity index (χ4v) is 2.16. The first kappa shape index (κ1) is 14.3. The number of hydrogen-bond donors (Lipinski definition) is 3. The van der Waals surface area contributed by atoms with Crippen molar-refractivity contribution in [3.05, 3.63) is 22.4 Å². The topological polar surface area (TPSA) is 65.1 Å². The number of aliphatic hydroxyl groups is 1. The number of H-pyrrole nitrogens is 1. The number of amides is 1. The summed E-state index contributed by atoms with van der Waals surface area (Å²) in [5, 5.41) is 12.8. The normalized spacial score (nSPS) is 14.7. The van der Waals surface area contributed by atoms with Gasteiger partial charge in [-0.2, -0.15) is 0 Å². The molecule has 17 heavy (non-hydrogen) atoms. The molecular formula is C12H19BrN2O2. The highest BCUT2D eigenvalue weighted by Crippen LogP contribution is 2.15. The summed E-state index contributed by atoms with van der Waals surface area (Å²) >= 11 is 3.26. The van der Waals surface area contributed by atoms with Crippen molar-refractivity contribution in [1.29, 1.82) is 0 Å². The molecule has 0 aliphatic carbocycles. The van der Waals surface area contributed by atoms with E-state index in [0.29, 0.717) is 18.0 Å². The highest BCUT2D eigenvalue weighted by molar-refractivity contribution is 9.10. The number of aromatic amines is 1. The summed E-state index contributed by atoms with van der Waals surface area (Å²) in [5.74, 6) is 0.182. The molecule has 0 spiro atoms. The fourth-order valence-electron chi connectivity index (χ4n) is 1.82. The quantitative estimate of drug-likeness (QED) is 0.781. The van der Waals surface area contributed by atoms with Crippen molar-refractivity contribution in [2.75, 3.05) is 6.54 Å². The molecule has 1 rings (SSSR count). The summed E-state index contributed by atoms with van der Waals surface area (Å²) in [4.78, 5) is 14.6. The second kappa shape index (κ2) is 5.69. The van der Waals surface area contributed by atoms with Crippen LogP contribution in [-0.2, 0) is 0 Å². The molecule has 1 atom stereocenters. The first-order chi connectivity index (χ1) is 7.80. The van der Waals surface area contributed by atoms with E-state index in [4.69, 9.17) is 0 Å². The monoisotopic (exact) mass is 302 g/mol. The van der Waals surface area contributed by atoms with Crippen LogP contribution in [0.15, 0.2) is 16.7 Å². The number of carbonyl (C=O) groups excluding carboxylic acids is 1. The number of carbonyl (C=O) groups is 1. The molecule has 0 saturated carbocycles. The Labute approximate surface area is 110 Å². The molecule has 0 aliphatic rings. The molecule has 1 unspecified atom stereocenters. The molecule has 0 bridgehead atoms. The van der Waals surface area contributed by atoms with Gasteiger partial charge >= 0.3 is 0 Å². The van der Waals surface area contributed by atoms with E-state index in [2.05, 4.69) is 26.2 Å². The number of halogens is 1. The van der Waals surface area contributed by atoms with Gasteiger partial charge in [-0.05, 0) is 41.3 Å². The maximum Gasteiger partial charge on any atom is 0.267 e. The van der Waals surface area contributed by atoms with Gasteiger partial charge in [-0.1, -0.05) is 13.8 Å². The minimum Gasteiger partial charge on any atom is -0.388 e. The second-order valence-corrected chi connectivity index (χ2v) is 5.92. The molecule has 0 aromatic carbocycles. The van der Waals surface area contributed by atoms with Crippen molar-refractivity contribution in [2.24, 2.45) is 5.92 Å². The number of aromatic nitrogens is 1. The maximum atomic E-state index is 11.7. The van der Waals surface area contributed by atoms with Crippen LogP contribution < -0.4 is 5.32 Å². The van der Waals surface area contributed by atoms with Gasteiger partial charge in [0.15, 0.2) is 0 Å². The van der Waals surface area contributed by atoms with E-state index >= 15 is 0 Å². The molecule has 96 valence electrons. The SMILES string of the molecule is CC(C)CC(C)(O)CNC(=O)c1cc(Br)c[nH]1. The lowest BCUT2D eigenvalue weighted by molar-refractivity contribution is 0.0367. The van der Waals surface area contributed by atoms with Crippen LogP contribution in [-0.4, -0.2) is 28.1 Å². The van der Waals surface area contributed by atoms with Gasteiger partial charge in [0.25, 0.3) is 5.91 Å². The van der Waals surface area contributed by atoms with E-state index in [0.717, 1.165) is 4.47 Å². The molecule has 4 nitrogen and oxygen atoms in total. The number of rotatable bonds is 5. The molecule has 1 heterocycles. The van der Waals surface area contributed by atoms with E-state index in [9.17, 15) is 9.90 Å². The Hall–Kier alpha value is -0.810. The van der Waals surface area contributed by atoms with Crippen molar-refractivity contribution in [3.8, 4) is 0 Å². The molecule has 0 aliphatic heterocycles. The Balaban J connectivity index is 2.48. The molecule has 5 heteroatoms. The highest BCUT2D eigenvalue weighted by atomic mass is 79.9. The van der Waals surface area contributed by atoms with Gasteiger partial charge < -0.3 is 15.4 Å². The minimum absolute atomic E-state index is 0.209. The van der Waals surface area contributed by atoms with Gasteiger partial charge in [0, 0.05) is 17.2 Å². The van der Waals surface area contributed by atoms with Crippen LogP contribution in [0, 0.1) is 5.92 Å². The predicted octanol–water partition coefficient (Wildman–Crippen LogP) is 2.30. The Bertz CT molecular complexity index is 386. The van der Waals surface area contributed by atoms with Gasteiger partial charge in [0.1, 0.15) is 5.69 Å². The zero-order valence-electron chi connectivity index (χ0n) is 10.4. The molecule has 1 amide bonds. The van der Waals surface area contributed by atoms with Crippen molar-refractivity contribution in [3.63, 3.8) is 0 Å². The van der Waals surface area contributed by atoms with E-state index in [1.807, 2.05) is 13.8 Å². The highest BCUT2D eigenvalue weighted by Gasteiger charge is 2.23. The lowest BCUT2D eigenvalue weighted by atomic mass is 9.94. The third-order valence-corrected chi connectivity index (χ3v) is 2.83. The van der Waals surface area contributed by atoms with Gasteiger partial charge in [0.05, 0.1) is 5.60 Å². The summed E-state index contributed by atoms with van der Waals surface area (Å²) in [6.45, 7) is 6.06. The maximum absolute atomic E-state index is 11.7.